The minimum Gasteiger partial charge on any atom is -0.435 e. The summed E-state index contributed by atoms with van der Waals surface area (Å²) < 4.78 is 29.3. The molecule has 1 nitrogen and oxygen atoms in total. The minimum absolute atomic E-state index is 0.272. The van der Waals surface area contributed by atoms with Crippen molar-refractivity contribution >= 4 is 0 Å². The summed E-state index contributed by atoms with van der Waals surface area (Å²) in [6.07, 6.45) is 21.4. The van der Waals surface area contributed by atoms with Gasteiger partial charge in [0.1, 0.15) is 5.75 Å². The standard InChI is InChI=1S/C29H44F2O/c1-2-3-4-5-6-21-7-9-22(10-8-21)24-11-13-27-20-25(12-14-26(27)19-24)23-15-17-28(18-16-23)32-29(30)31/h15-18,21-22,24-27,29H,2-14,19-20H2,1H3. The van der Waals surface area contributed by atoms with Gasteiger partial charge in [-0.25, -0.2) is 0 Å². The molecule has 0 saturated heterocycles. The van der Waals surface area contributed by atoms with Crippen molar-refractivity contribution in [2.45, 2.75) is 116 Å². The van der Waals surface area contributed by atoms with Crippen LogP contribution in [0.25, 0.3) is 0 Å². The fourth-order valence-electron chi connectivity index (χ4n) is 7.39. The Morgan fingerprint density at radius 3 is 2.06 bits per heavy atom. The van der Waals surface area contributed by atoms with E-state index in [1.807, 2.05) is 12.1 Å². The summed E-state index contributed by atoms with van der Waals surface area (Å²) in [6, 6.07) is 7.44. The Labute approximate surface area is 194 Å². The van der Waals surface area contributed by atoms with Crippen molar-refractivity contribution in [3.05, 3.63) is 29.8 Å². The van der Waals surface area contributed by atoms with E-state index in [0.29, 0.717) is 5.92 Å². The Morgan fingerprint density at radius 2 is 1.38 bits per heavy atom. The molecule has 0 N–H and O–H groups in total. The molecule has 3 aliphatic carbocycles. The van der Waals surface area contributed by atoms with E-state index in [0.717, 1.165) is 29.6 Å². The molecule has 0 radical (unpaired) electrons. The number of hydrogen-bond acceptors (Lipinski definition) is 1. The molecule has 3 aliphatic rings. The van der Waals surface area contributed by atoms with Crippen molar-refractivity contribution in [1.82, 2.24) is 0 Å². The van der Waals surface area contributed by atoms with Gasteiger partial charge in [-0.3, -0.25) is 0 Å². The van der Waals surface area contributed by atoms with Gasteiger partial charge < -0.3 is 4.74 Å². The lowest BCUT2D eigenvalue weighted by atomic mass is 9.60. The zero-order valence-electron chi connectivity index (χ0n) is 20.1. The zero-order chi connectivity index (χ0) is 22.3. The van der Waals surface area contributed by atoms with Crippen LogP contribution in [0.15, 0.2) is 24.3 Å². The number of rotatable bonds is 9. The monoisotopic (exact) mass is 446 g/mol. The average Bonchev–Trinajstić information content (AvgIpc) is 2.82. The average molecular weight is 447 g/mol. The SMILES string of the molecule is CCCCCCC1CCC(C2CCC3CC(c4ccc(OC(F)F)cc4)CCC3C2)CC1. The molecule has 4 unspecified atom stereocenters. The molecule has 1 aromatic carbocycles. The van der Waals surface area contributed by atoms with Crippen molar-refractivity contribution in [1.29, 1.82) is 0 Å². The summed E-state index contributed by atoms with van der Waals surface area (Å²) in [7, 11) is 0. The maximum absolute atomic E-state index is 12.4. The number of unbranched alkanes of at least 4 members (excludes halogenated alkanes) is 3. The van der Waals surface area contributed by atoms with Crippen molar-refractivity contribution in [3.63, 3.8) is 0 Å². The molecule has 0 aliphatic heterocycles. The number of alkyl halides is 2. The summed E-state index contributed by atoms with van der Waals surface area (Å²) in [5.41, 5.74) is 1.31. The summed E-state index contributed by atoms with van der Waals surface area (Å²) in [6.45, 7) is -0.440. The fraction of sp³-hybridized carbons (Fsp3) is 0.793. The first-order valence-electron chi connectivity index (χ1n) is 13.7. The molecule has 0 amide bonds. The van der Waals surface area contributed by atoms with Crippen LogP contribution in [0.1, 0.15) is 115 Å². The van der Waals surface area contributed by atoms with E-state index >= 15 is 0 Å². The van der Waals surface area contributed by atoms with Crippen LogP contribution in [0.2, 0.25) is 0 Å². The highest BCUT2D eigenvalue weighted by Gasteiger charge is 2.39. The van der Waals surface area contributed by atoms with E-state index in [-0.39, 0.29) is 5.75 Å². The molecule has 3 fully saturated rings. The number of ether oxygens (including phenoxy) is 1. The highest BCUT2D eigenvalue weighted by atomic mass is 19.3. The quantitative estimate of drug-likeness (QED) is 0.343. The van der Waals surface area contributed by atoms with Gasteiger partial charge in [-0.1, -0.05) is 64.0 Å². The van der Waals surface area contributed by atoms with Crippen molar-refractivity contribution < 1.29 is 13.5 Å². The molecule has 180 valence electrons. The molecular weight excluding hydrogens is 402 g/mol. The van der Waals surface area contributed by atoms with E-state index in [1.165, 1.54) is 102 Å². The minimum atomic E-state index is -2.74. The van der Waals surface area contributed by atoms with Crippen molar-refractivity contribution in [2.75, 3.05) is 0 Å². The van der Waals surface area contributed by atoms with Gasteiger partial charge in [-0.05, 0) is 105 Å². The number of halogens is 2. The zero-order valence-corrected chi connectivity index (χ0v) is 20.1. The summed E-state index contributed by atoms with van der Waals surface area (Å²) in [5.74, 6) is 5.68. The second-order valence-electron chi connectivity index (χ2n) is 11.2. The number of fused-ring (bicyclic) bond motifs is 1. The molecule has 1 aromatic rings. The summed E-state index contributed by atoms with van der Waals surface area (Å²) >= 11 is 0. The van der Waals surface area contributed by atoms with E-state index in [1.54, 1.807) is 12.1 Å². The van der Waals surface area contributed by atoms with Gasteiger partial charge in [0, 0.05) is 0 Å². The molecule has 3 heteroatoms. The van der Waals surface area contributed by atoms with Gasteiger partial charge in [0.25, 0.3) is 0 Å². The third-order valence-corrected chi connectivity index (χ3v) is 9.25. The van der Waals surface area contributed by atoms with Crippen LogP contribution in [-0.4, -0.2) is 6.61 Å². The smallest absolute Gasteiger partial charge is 0.387 e. The lowest BCUT2D eigenvalue weighted by Gasteiger charge is -2.45. The Morgan fingerprint density at radius 1 is 0.750 bits per heavy atom. The largest absolute Gasteiger partial charge is 0.435 e. The van der Waals surface area contributed by atoms with E-state index in [4.69, 9.17) is 0 Å². The van der Waals surface area contributed by atoms with Crippen LogP contribution in [0.3, 0.4) is 0 Å². The lowest BCUT2D eigenvalue weighted by molar-refractivity contribution is -0.0498. The maximum Gasteiger partial charge on any atom is 0.387 e. The van der Waals surface area contributed by atoms with Crippen molar-refractivity contribution in [3.8, 4) is 5.75 Å². The summed E-state index contributed by atoms with van der Waals surface area (Å²) in [4.78, 5) is 0. The summed E-state index contributed by atoms with van der Waals surface area (Å²) in [5, 5.41) is 0. The van der Waals surface area contributed by atoms with Crippen LogP contribution in [0.4, 0.5) is 8.78 Å². The molecule has 32 heavy (non-hydrogen) atoms. The van der Waals surface area contributed by atoms with Crippen LogP contribution in [-0.2, 0) is 0 Å². The molecule has 3 saturated carbocycles. The second kappa shape index (κ2) is 11.8. The molecule has 4 rings (SSSR count). The Kier molecular flexibility index (Phi) is 8.89. The molecule has 4 atom stereocenters. The van der Waals surface area contributed by atoms with Gasteiger partial charge in [-0.2, -0.15) is 8.78 Å². The van der Waals surface area contributed by atoms with E-state index < -0.39 is 6.61 Å². The Hall–Kier alpha value is -1.12. The first kappa shape index (κ1) is 24.0. The first-order chi connectivity index (χ1) is 15.6. The van der Waals surface area contributed by atoms with Gasteiger partial charge in [0.15, 0.2) is 0 Å². The maximum atomic E-state index is 12.4. The van der Waals surface area contributed by atoms with Crippen LogP contribution < -0.4 is 4.74 Å². The number of benzene rings is 1. The second-order valence-corrected chi connectivity index (χ2v) is 11.2. The van der Waals surface area contributed by atoms with Gasteiger partial charge in [-0.15, -0.1) is 0 Å². The first-order valence-corrected chi connectivity index (χ1v) is 13.7. The molecule has 0 aromatic heterocycles. The third kappa shape index (κ3) is 6.48. The van der Waals surface area contributed by atoms with Gasteiger partial charge >= 0.3 is 6.61 Å². The number of hydrogen-bond donors (Lipinski definition) is 0. The molecule has 0 bridgehead atoms. The topological polar surface area (TPSA) is 9.23 Å². The Bertz CT molecular complexity index is 664. The van der Waals surface area contributed by atoms with Crippen molar-refractivity contribution in [2.24, 2.45) is 29.6 Å². The van der Waals surface area contributed by atoms with E-state index in [2.05, 4.69) is 11.7 Å². The third-order valence-electron chi connectivity index (χ3n) is 9.25. The highest BCUT2D eigenvalue weighted by Crippen LogP contribution is 2.51. The lowest BCUT2D eigenvalue weighted by Crippen LogP contribution is -2.34. The highest BCUT2D eigenvalue weighted by molar-refractivity contribution is 5.30. The van der Waals surface area contributed by atoms with E-state index in [9.17, 15) is 8.78 Å². The predicted molar refractivity (Wildman–Crippen MR) is 128 cm³/mol. The van der Waals surface area contributed by atoms with Gasteiger partial charge in [0.05, 0.1) is 0 Å². The van der Waals surface area contributed by atoms with Crippen LogP contribution in [0, 0.1) is 29.6 Å². The van der Waals surface area contributed by atoms with Crippen LogP contribution >= 0.6 is 0 Å². The van der Waals surface area contributed by atoms with Crippen LogP contribution in [0.5, 0.6) is 5.75 Å². The molecule has 0 heterocycles. The molecular formula is C29H44F2O. The fourth-order valence-corrected chi connectivity index (χ4v) is 7.39. The Balaban J connectivity index is 1.20. The normalized spacial score (nSPS) is 33.1. The molecule has 0 spiro atoms. The van der Waals surface area contributed by atoms with Gasteiger partial charge in [0.2, 0.25) is 0 Å². The predicted octanol–water partition coefficient (Wildman–Crippen LogP) is 9.36.